The molecule has 27 heavy (non-hydrogen) atoms. The largest absolute Gasteiger partial charge is 0.484 e. The third-order valence-corrected chi connectivity index (χ3v) is 5.74. The smallest absolute Gasteiger partial charge is 0.288 e. The molecule has 2 aliphatic rings. The van der Waals surface area contributed by atoms with Crippen LogP contribution < -0.4 is 9.46 Å². The zero-order valence-electron chi connectivity index (χ0n) is 14.1. The van der Waals surface area contributed by atoms with E-state index in [0.29, 0.717) is 12.5 Å². The average molecular weight is 397 g/mol. The molecule has 1 atom stereocenters. The zero-order chi connectivity index (χ0) is 19.2. The molecule has 0 bridgehead atoms. The van der Waals surface area contributed by atoms with Gasteiger partial charge >= 0.3 is 0 Å². The lowest BCUT2D eigenvalue weighted by atomic mass is 10.2. The highest BCUT2D eigenvalue weighted by Crippen LogP contribution is 2.44. The van der Waals surface area contributed by atoms with Gasteiger partial charge in [-0.3, -0.25) is 9.48 Å². The third kappa shape index (κ3) is 4.10. The van der Waals surface area contributed by atoms with E-state index in [1.807, 2.05) is 4.72 Å². The van der Waals surface area contributed by atoms with Gasteiger partial charge in [0.25, 0.3) is 21.9 Å². The van der Waals surface area contributed by atoms with Gasteiger partial charge in [-0.2, -0.15) is 5.10 Å². The standard InChI is InChI=1S/C17H17F2N3O4S/c18-17(19)7-15(17)26-13-5-3-12(4-6-13)16(23)21-27(24,25)14-8-20-22(10-14)9-11-1-2-11/h3-6,8,10-11,15H,1-2,7,9H2,(H,21,23). The molecule has 1 unspecified atom stereocenters. The summed E-state index contributed by atoms with van der Waals surface area (Å²) < 4.78 is 59.0. The number of benzene rings is 1. The number of alkyl halides is 2. The fourth-order valence-corrected chi connectivity index (χ4v) is 3.48. The summed E-state index contributed by atoms with van der Waals surface area (Å²) in [5.41, 5.74) is 0.0684. The Hall–Kier alpha value is -2.49. The van der Waals surface area contributed by atoms with Crippen molar-refractivity contribution in [1.82, 2.24) is 14.5 Å². The molecule has 0 radical (unpaired) electrons. The van der Waals surface area contributed by atoms with Gasteiger partial charge in [-0.15, -0.1) is 0 Å². The van der Waals surface area contributed by atoms with Crippen molar-refractivity contribution in [3.63, 3.8) is 0 Å². The van der Waals surface area contributed by atoms with Gasteiger partial charge in [-0.1, -0.05) is 0 Å². The first-order valence-electron chi connectivity index (χ1n) is 8.47. The number of ether oxygens (including phenoxy) is 1. The second-order valence-corrected chi connectivity index (χ2v) is 8.55. The molecule has 1 N–H and O–H groups in total. The lowest BCUT2D eigenvalue weighted by Gasteiger charge is -2.07. The SMILES string of the molecule is O=C(NS(=O)(=O)c1cnn(CC2CC2)c1)c1ccc(OC2CC2(F)F)cc1. The Morgan fingerprint density at radius 2 is 1.96 bits per heavy atom. The Bertz CT molecular complexity index is 968. The minimum absolute atomic E-state index is 0.0684. The van der Waals surface area contributed by atoms with Gasteiger partial charge in [0, 0.05) is 18.3 Å². The van der Waals surface area contributed by atoms with Crippen LogP contribution in [0, 0.1) is 5.92 Å². The van der Waals surface area contributed by atoms with Gasteiger partial charge < -0.3 is 4.74 Å². The number of carbonyl (C=O) groups is 1. The molecule has 4 rings (SSSR count). The lowest BCUT2D eigenvalue weighted by molar-refractivity contribution is 0.0665. The Morgan fingerprint density at radius 3 is 2.56 bits per heavy atom. The van der Waals surface area contributed by atoms with Gasteiger partial charge in [0.1, 0.15) is 10.6 Å². The fraction of sp³-hybridized carbons (Fsp3) is 0.412. The van der Waals surface area contributed by atoms with Gasteiger partial charge in [0.15, 0.2) is 6.10 Å². The van der Waals surface area contributed by atoms with Crippen molar-refractivity contribution in [3.05, 3.63) is 42.2 Å². The molecule has 10 heteroatoms. The number of nitrogens with one attached hydrogen (secondary N) is 1. The summed E-state index contributed by atoms with van der Waals surface area (Å²) in [6.07, 6.45) is 3.32. The van der Waals surface area contributed by atoms with E-state index >= 15 is 0 Å². The van der Waals surface area contributed by atoms with Gasteiger partial charge in [-0.25, -0.2) is 21.9 Å². The minimum atomic E-state index is -4.05. The Kier molecular flexibility index (Phi) is 4.17. The fourth-order valence-electron chi connectivity index (χ4n) is 2.55. The van der Waals surface area contributed by atoms with Crippen molar-refractivity contribution in [2.45, 2.75) is 42.7 Å². The van der Waals surface area contributed by atoms with Crippen molar-refractivity contribution in [3.8, 4) is 5.75 Å². The van der Waals surface area contributed by atoms with Crippen molar-refractivity contribution in [2.24, 2.45) is 5.92 Å². The molecule has 2 fully saturated rings. The van der Waals surface area contributed by atoms with Crippen molar-refractivity contribution in [2.75, 3.05) is 0 Å². The molecule has 0 saturated heterocycles. The highest BCUT2D eigenvalue weighted by molar-refractivity contribution is 7.90. The summed E-state index contributed by atoms with van der Waals surface area (Å²) in [6, 6.07) is 5.33. The number of aromatic nitrogens is 2. The van der Waals surface area contributed by atoms with Gasteiger partial charge in [0.2, 0.25) is 0 Å². The van der Waals surface area contributed by atoms with Crippen LogP contribution in [0.3, 0.4) is 0 Å². The maximum atomic E-state index is 12.8. The summed E-state index contributed by atoms with van der Waals surface area (Å²) in [4.78, 5) is 12.1. The van der Waals surface area contributed by atoms with Crippen LogP contribution in [-0.4, -0.2) is 36.1 Å². The molecular formula is C17H17F2N3O4S. The van der Waals surface area contributed by atoms with Crippen LogP contribution in [0.4, 0.5) is 8.78 Å². The number of rotatable bonds is 7. The molecule has 2 saturated carbocycles. The molecule has 0 aliphatic heterocycles. The molecule has 144 valence electrons. The van der Waals surface area contributed by atoms with Crippen LogP contribution >= 0.6 is 0 Å². The van der Waals surface area contributed by atoms with E-state index in [2.05, 4.69) is 5.10 Å². The van der Waals surface area contributed by atoms with Crippen LogP contribution in [0.1, 0.15) is 29.6 Å². The highest BCUT2D eigenvalue weighted by atomic mass is 32.2. The topological polar surface area (TPSA) is 90.3 Å². The third-order valence-electron chi connectivity index (χ3n) is 4.45. The molecule has 0 spiro atoms. The number of amides is 1. The predicted octanol–water partition coefficient (Wildman–Crippen LogP) is 2.20. The van der Waals surface area contributed by atoms with Crippen molar-refractivity contribution >= 4 is 15.9 Å². The van der Waals surface area contributed by atoms with E-state index in [4.69, 9.17) is 4.74 Å². The number of nitrogens with zero attached hydrogens (tertiary/aromatic N) is 2. The zero-order valence-corrected chi connectivity index (χ0v) is 15.0. The average Bonchev–Trinajstić information content (AvgIpc) is 3.45. The van der Waals surface area contributed by atoms with E-state index in [1.54, 1.807) is 4.68 Å². The van der Waals surface area contributed by atoms with E-state index in [1.165, 1.54) is 36.7 Å². The lowest BCUT2D eigenvalue weighted by Crippen LogP contribution is -2.30. The molecule has 1 aromatic carbocycles. The van der Waals surface area contributed by atoms with E-state index < -0.39 is 28.0 Å². The highest BCUT2D eigenvalue weighted by Gasteiger charge is 2.59. The van der Waals surface area contributed by atoms with Crippen LogP contribution in [0.25, 0.3) is 0 Å². The summed E-state index contributed by atoms with van der Waals surface area (Å²) in [5, 5.41) is 4.01. The number of sulfonamides is 1. The van der Waals surface area contributed by atoms with E-state index in [-0.39, 0.29) is 22.6 Å². The van der Waals surface area contributed by atoms with Crippen LogP contribution in [-0.2, 0) is 16.6 Å². The molecule has 1 amide bonds. The molecule has 1 aromatic heterocycles. The Labute approximate surface area is 154 Å². The van der Waals surface area contributed by atoms with Crippen LogP contribution in [0.5, 0.6) is 5.75 Å². The summed E-state index contributed by atoms with van der Waals surface area (Å²) in [6.45, 7) is 0.658. The van der Waals surface area contributed by atoms with Crippen molar-refractivity contribution in [1.29, 1.82) is 0 Å². The minimum Gasteiger partial charge on any atom is -0.484 e. The first-order valence-corrected chi connectivity index (χ1v) is 9.95. The number of hydrogen-bond acceptors (Lipinski definition) is 5. The Morgan fingerprint density at radius 1 is 1.30 bits per heavy atom. The van der Waals surface area contributed by atoms with Crippen molar-refractivity contribution < 1.29 is 26.7 Å². The summed E-state index contributed by atoms with van der Waals surface area (Å²) in [5.74, 6) is -2.91. The predicted molar refractivity (Wildman–Crippen MR) is 90.0 cm³/mol. The monoisotopic (exact) mass is 397 g/mol. The maximum Gasteiger partial charge on any atom is 0.288 e. The summed E-state index contributed by atoms with van der Waals surface area (Å²) in [7, 11) is -4.05. The first-order chi connectivity index (χ1) is 12.7. The van der Waals surface area contributed by atoms with E-state index in [0.717, 1.165) is 12.8 Å². The Balaban J connectivity index is 1.39. The molecular weight excluding hydrogens is 380 g/mol. The number of hydrogen-bond donors (Lipinski definition) is 1. The quantitative estimate of drug-likeness (QED) is 0.774. The molecule has 2 aliphatic carbocycles. The number of halogens is 2. The molecule has 1 heterocycles. The number of carbonyl (C=O) groups excluding carboxylic acids is 1. The molecule has 7 nitrogen and oxygen atoms in total. The normalized spacial score (nSPS) is 20.9. The van der Waals surface area contributed by atoms with Crippen LogP contribution in [0.2, 0.25) is 0 Å². The van der Waals surface area contributed by atoms with E-state index in [9.17, 15) is 22.0 Å². The first kappa shape index (κ1) is 17.9. The van der Waals surface area contributed by atoms with Gasteiger partial charge in [0.05, 0.1) is 12.6 Å². The maximum absolute atomic E-state index is 12.8. The second-order valence-electron chi connectivity index (χ2n) is 6.87. The summed E-state index contributed by atoms with van der Waals surface area (Å²) >= 11 is 0. The van der Waals surface area contributed by atoms with Gasteiger partial charge in [-0.05, 0) is 43.0 Å². The molecule has 2 aromatic rings. The van der Waals surface area contributed by atoms with Crippen LogP contribution in [0.15, 0.2) is 41.6 Å². The second kappa shape index (κ2) is 6.29.